The number of anilines is 3. The number of nitrogens with one attached hydrogen (secondary N) is 2. The van der Waals surface area contributed by atoms with Crippen molar-refractivity contribution in [3.63, 3.8) is 0 Å². The average molecular weight is 384 g/mol. The van der Waals surface area contributed by atoms with Crippen molar-refractivity contribution >= 4 is 40.6 Å². The van der Waals surface area contributed by atoms with Crippen molar-refractivity contribution in [2.75, 3.05) is 28.2 Å². The molecule has 2 aromatic carbocycles. The maximum atomic E-state index is 13.0. The van der Waals surface area contributed by atoms with E-state index in [9.17, 15) is 9.59 Å². The van der Waals surface area contributed by atoms with Crippen LogP contribution in [-0.2, 0) is 4.79 Å². The van der Waals surface area contributed by atoms with Crippen LogP contribution < -0.4 is 15.1 Å². The van der Waals surface area contributed by atoms with Crippen LogP contribution in [0.4, 0.5) is 21.9 Å². The number of hydrogen-bond acceptors (Lipinski definition) is 2. The number of carbonyl (C=O) groups is 2. The highest BCUT2D eigenvalue weighted by atomic mass is 16.2. The minimum absolute atomic E-state index is 0.0553. The van der Waals surface area contributed by atoms with E-state index in [1.807, 2.05) is 73.8 Å². The second kappa shape index (κ2) is 6.67. The van der Waals surface area contributed by atoms with E-state index in [2.05, 4.69) is 10.3 Å². The van der Waals surface area contributed by atoms with E-state index in [-0.39, 0.29) is 11.9 Å². The number of rotatable bonds is 3. The summed E-state index contributed by atoms with van der Waals surface area (Å²) >= 11 is 0. The second-order valence-electron chi connectivity index (χ2n) is 7.29. The van der Waals surface area contributed by atoms with Gasteiger partial charge in [0, 0.05) is 41.9 Å². The molecule has 0 saturated carbocycles. The maximum absolute atomic E-state index is 13.0. The molecule has 1 aromatic heterocycles. The van der Waals surface area contributed by atoms with Gasteiger partial charge in [0.15, 0.2) is 0 Å². The molecule has 2 aliphatic rings. The van der Waals surface area contributed by atoms with E-state index in [0.29, 0.717) is 18.7 Å². The number of carbonyl (C=O) groups excluding carboxylic acids is 2. The predicted molar refractivity (Wildman–Crippen MR) is 115 cm³/mol. The topological polar surface area (TPSA) is 68.4 Å². The van der Waals surface area contributed by atoms with E-state index >= 15 is 0 Å². The smallest absolute Gasteiger partial charge is 0.329 e. The molecule has 2 N–H and O–H groups in total. The second-order valence-corrected chi connectivity index (χ2v) is 7.29. The standard InChI is InChI=1S/C23H20N4O2/c1-15-4-6-17(7-5-15)26-11-12-27(23(26)29)18-8-9-19-20(13-16-3-2-10-24-16)22(28)25-21(19)14-18/h2-10,13-14,24H,11-12H2,1H3,(H,25,28)/b20-13-. The fraction of sp³-hybridized carbons (Fsp3) is 0.130. The van der Waals surface area contributed by atoms with Crippen LogP contribution >= 0.6 is 0 Å². The lowest BCUT2D eigenvalue weighted by Gasteiger charge is -2.19. The highest BCUT2D eigenvalue weighted by Crippen LogP contribution is 2.37. The van der Waals surface area contributed by atoms with Crippen molar-refractivity contribution in [3.05, 3.63) is 77.6 Å². The van der Waals surface area contributed by atoms with E-state index in [1.54, 1.807) is 9.80 Å². The Labute approximate surface area is 168 Å². The highest BCUT2D eigenvalue weighted by Gasteiger charge is 2.32. The molecule has 1 fully saturated rings. The van der Waals surface area contributed by atoms with Gasteiger partial charge in [-0.15, -0.1) is 0 Å². The maximum Gasteiger partial charge on any atom is 0.329 e. The van der Waals surface area contributed by atoms with Gasteiger partial charge in [-0.25, -0.2) is 4.79 Å². The third-order valence-corrected chi connectivity index (χ3v) is 5.37. The number of aryl methyl sites for hydroxylation is 1. The minimum Gasteiger partial charge on any atom is -0.362 e. The zero-order chi connectivity index (χ0) is 20.0. The third kappa shape index (κ3) is 2.99. The number of nitrogens with zero attached hydrogens (tertiary/aromatic N) is 2. The summed E-state index contributed by atoms with van der Waals surface area (Å²) in [7, 11) is 0. The summed E-state index contributed by atoms with van der Waals surface area (Å²) in [5.41, 5.74) is 5.90. The lowest BCUT2D eigenvalue weighted by molar-refractivity contribution is -0.110. The van der Waals surface area contributed by atoms with Crippen molar-refractivity contribution in [2.24, 2.45) is 0 Å². The fourth-order valence-electron chi connectivity index (χ4n) is 3.82. The van der Waals surface area contributed by atoms with Gasteiger partial charge in [0.05, 0.1) is 11.3 Å². The molecule has 0 spiro atoms. The van der Waals surface area contributed by atoms with E-state index in [4.69, 9.17) is 0 Å². The number of aromatic amines is 1. The molecule has 0 unspecified atom stereocenters. The van der Waals surface area contributed by atoms with Gasteiger partial charge >= 0.3 is 6.03 Å². The summed E-state index contributed by atoms with van der Waals surface area (Å²) in [5.74, 6) is -0.138. The van der Waals surface area contributed by atoms with Gasteiger partial charge in [-0.2, -0.15) is 0 Å². The molecular formula is C23H20N4O2. The first-order valence-electron chi connectivity index (χ1n) is 9.57. The Kier molecular flexibility index (Phi) is 3.98. The first-order valence-corrected chi connectivity index (χ1v) is 9.57. The number of urea groups is 1. The molecular weight excluding hydrogens is 364 g/mol. The number of benzene rings is 2. The van der Waals surface area contributed by atoms with Crippen molar-refractivity contribution in [3.8, 4) is 0 Å². The Morgan fingerprint density at radius 1 is 0.931 bits per heavy atom. The summed E-state index contributed by atoms with van der Waals surface area (Å²) in [4.78, 5) is 32.0. The van der Waals surface area contributed by atoms with Crippen LogP contribution in [0.5, 0.6) is 0 Å². The Morgan fingerprint density at radius 3 is 2.38 bits per heavy atom. The number of amides is 3. The van der Waals surface area contributed by atoms with Gasteiger partial charge < -0.3 is 10.3 Å². The van der Waals surface area contributed by atoms with Gasteiger partial charge in [-0.05, 0) is 49.4 Å². The molecule has 6 heteroatoms. The van der Waals surface area contributed by atoms with Crippen molar-refractivity contribution < 1.29 is 9.59 Å². The minimum atomic E-state index is -0.138. The van der Waals surface area contributed by atoms with Gasteiger partial charge in [0.25, 0.3) is 5.91 Å². The number of aromatic nitrogens is 1. The zero-order valence-electron chi connectivity index (χ0n) is 16.0. The van der Waals surface area contributed by atoms with Crippen LogP contribution in [0, 0.1) is 6.92 Å². The monoisotopic (exact) mass is 384 g/mol. The van der Waals surface area contributed by atoms with E-state index in [1.165, 1.54) is 0 Å². The molecule has 3 aromatic rings. The van der Waals surface area contributed by atoms with E-state index in [0.717, 1.165) is 33.9 Å². The quantitative estimate of drug-likeness (QED) is 0.663. The molecule has 3 amide bonds. The molecule has 2 aliphatic heterocycles. The summed E-state index contributed by atoms with van der Waals surface area (Å²) < 4.78 is 0. The van der Waals surface area contributed by atoms with Gasteiger partial charge in [-0.1, -0.05) is 23.8 Å². The molecule has 3 heterocycles. The van der Waals surface area contributed by atoms with Gasteiger partial charge in [-0.3, -0.25) is 14.6 Å². The predicted octanol–water partition coefficient (Wildman–Crippen LogP) is 4.26. The molecule has 1 saturated heterocycles. The summed E-state index contributed by atoms with van der Waals surface area (Å²) in [5, 5.41) is 2.92. The largest absolute Gasteiger partial charge is 0.362 e. The van der Waals surface area contributed by atoms with Crippen LogP contribution in [0.2, 0.25) is 0 Å². The van der Waals surface area contributed by atoms with Crippen LogP contribution in [-0.4, -0.2) is 30.0 Å². The lowest BCUT2D eigenvalue weighted by Crippen LogP contribution is -2.31. The van der Waals surface area contributed by atoms with Crippen molar-refractivity contribution in [1.29, 1.82) is 0 Å². The lowest BCUT2D eigenvalue weighted by atomic mass is 10.1. The molecule has 0 atom stereocenters. The zero-order valence-corrected chi connectivity index (χ0v) is 16.0. The Hall–Kier alpha value is -3.80. The van der Waals surface area contributed by atoms with Gasteiger partial charge in [0.1, 0.15) is 0 Å². The third-order valence-electron chi connectivity index (χ3n) is 5.37. The summed E-state index contributed by atoms with van der Waals surface area (Å²) in [6.07, 6.45) is 3.66. The van der Waals surface area contributed by atoms with Gasteiger partial charge in [0.2, 0.25) is 0 Å². The Morgan fingerprint density at radius 2 is 1.66 bits per heavy atom. The first kappa shape index (κ1) is 17.3. The number of fused-ring (bicyclic) bond motifs is 1. The average Bonchev–Trinajstić information content (AvgIpc) is 3.43. The number of H-pyrrole nitrogens is 1. The Balaban J connectivity index is 1.42. The molecule has 6 nitrogen and oxygen atoms in total. The fourth-order valence-corrected chi connectivity index (χ4v) is 3.82. The molecule has 0 aliphatic carbocycles. The summed E-state index contributed by atoms with van der Waals surface area (Å²) in [6, 6.07) is 17.4. The number of hydrogen-bond donors (Lipinski definition) is 2. The SMILES string of the molecule is Cc1ccc(N2CCN(c3ccc4c(c3)NC(=O)/C4=C\c3ccc[nH]3)C2=O)cc1. The molecule has 0 radical (unpaired) electrons. The van der Waals surface area contributed by atoms with Crippen LogP contribution in [0.15, 0.2) is 60.8 Å². The normalized spacial score (nSPS) is 17.2. The van der Waals surface area contributed by atoms with Crippen LogP contribution in [0.25, 0.3) is 11.6 Å². The van der Waals surface area contributed by atoms with Crippen LogP contribution in [0.1, 0.15) is 16.8 Å². The molecule has 29 heavy (non-hydrogen) atoms. The summed E-state index contributed by atoms with van der Waals surface area (Å²) in [6.45, 7) is 3.26. The molecule has 144 valence electrons. The van der Waals surface area contributed by atoms with Crippen molar-refractivity contribution in [2.45, 2.75) is 6.92 Å². The molecule has 5 rings (SSSR count). The van der Waals surface area contributed by atoms with Crippen LogP contribution in [0.3, 0.4) is 0 Å². The van der Waals surface area contributed by atoms with E-state index < -0.39 is 0 Å². The highest BCUT2D eigenvalue weighted by molar-refractivity contribution is 6.35. The molecule has 0 bridgehead atoms. The Bertz CT molecular complexity index is 1130. The van der Waals surface area contributed by atoms with Crippen molar-refractivity contribution in [1.82, 2.24) is 4.98 Å². The first-order chi connectivity index (χ1) is 14.1.